The summed E-state index contributed by atoms with van der Waals surface area (Å²) in [5.74, 6) is 0.646. The Hall–Kier alpha value is -1.60. The molecular formula is C15H23BrN4O2. The molecule has 2 aromatic rings. The molecule has 0 saturated heterocycles. The lowest BCUT2D eigenvalue weighted by molar-refractivity contribution is -0.111. The van der Waals surface area contributed by atoms with Gasteiger partial charge in [0.15, 0.2) is 5.82 Å². The largest absolute Gasteiger partial charge is 0.400 e. The van der Waals surface area contributed by atoms with E-state index >= 15 is 0 Å². The number of hydrogen-bond acceptors (Lipinski definition) is 5. The summed E-state index contributed by atoms with van der Waals surface area (Å²) in [6.45, 7) is 4.12. The maximum absolute atomic E-state index is 10.5. The van der Waals surface area contributed by atoms with Crippen molar-refractivity contribution < 1.29 is 9.90 Å². The molecule has 0 aliphatic carbocycles. The molecule has 1 aromatic carbocycles. The Morgan fingerprint density at radius 2 is 2.14 bits per heavy atom. The molecule has 6 nitrogen and oxygen atoms in total. The summed E-state index contributed by atoms with van der Waals surface area (Å²) >= 11 is 3.36. The molecule has 2 rings (SSSR count). The molecule has 1 aromatic heterocycles. The van der Waals surface area contributed by atoms with E-state index in [0.29, 0.717) is 12.2 Å². The number of nitrogens with one attached hydrogen (secondary N) is 1. The summed E-state index contributed by atoms with van der Waals surface area (Å²) in [4.78, 5) is 10.5. The number of tetrazole rings is 1. The number of aliphatic hydroxyl groups excluding tert-OH is 1. The van der Waals surface area contributed by atoms with E-state index in [1.807, 2.05) is 19.1 Å². The van der Waals surface area contributed by atoms with E-state index in [0.717, 1.165) is 30.7 Å². The molecular weight excluding hydrogens is 348 g/mol. The number of carbonyl (C=O) groups is 1. The second-order valence-corrected chi connectivity index (χ2v) is 5.43. The van der Waals surface area contributed by atoms with E-state index in [1.165, 1.54) is 5.56 Å². The first-order valence-corrected chi connectivity index (χ1v) is 7.79. The van der Waals surface area contributed by atoms with Crippen molar-refractivity contribution in [3.63, 3.8) is 0 Å². The zero-order valence-corrected chi connectivity index (χ0v) is 14.7. The van der Waals surface area contributed by atoms with Gasteiger partial charge in [-0.1, -0.05) is 52.2 Å². The van der Waals surface area contributed by atoms with Crippen molar-refractivity contribution in [3.8, 4) is 0 Å². The van der Waals surface area contributed by atoms with Gasteiger partial charge in [-0.25, -0.2) is 0 Å². The van der Waals surface area contributed by atoms with Gasteiger partial charge in [0.2, 0.25) is 0 Å². The number of nitrogens with zero attached hydrogens (tertiary/aromatic N) is 3. The third-order valence-electron chi connectivity index (χ3n) is 2.67. The van der Waals surface area contributed by atoms with Crippen LogP contribution in [0.3, 0.4) is 0 Å². The Balaban J connectivity index is 0.000000382. The van der Waals surface area contributed by atoms with Crippen LogP contribution < -0.4 is 0 Å². The van der Waals surface area contributed by atoms with E-state index in [4.69, 9.17) is 5.11 Å². The number of rotatable bonds is 5. The molecule has 7 heteroatoms. The minimum absolute atomic E-state index is 0.0348. The van der Waals surface area contributed by atoms with Gasteiger partial charge >= 0.3 is 0 Å². The highest BCUT2D eigenvalue weighted by Gasteiger charge is 2.09. The van der Waals surface area contributed by atoms with Crippen LogP contribution in [0.4, 0.5) is 0 Å². The van der Waals surface area contributed by atoms with Crippen molar-refractivity contribution in [2.24, 2.45) is 5.92 Å². The van der Waals surface area contributed by atoms with Gasteiger partial charge < -0.3 is 9.90 Å². The minimum Gasteiger partial charge on any atom is -0.400 e. The molecule has 1 atom stereocenters. The van der Waals surface area contributed by atoms with Crippen LogP contribution in [-0.2, 0) is 11.2 Å². The van der Waals surface area contributed by atoms with Gasteiger partial charge in [-0.05, 0) is 25.5 Å². The van der Waals surface area contributed by atoms with Gasteiger partial charge in [-0.3, -0.25) is 0 Å². The molecule has 0 radical (unpaired) electrons. The van der Waals surface area contributed by atoms with Gasteiger partial charge in [0, 0.05) is 23.9 Å². The number of aromatic nitrogens is 4. The topological polar surface area (TPSA) is 91.8 Å². The fourth-order valence-corrected chi connectivity index (χ4v) is 2.21. The molecule has 1 heterocycles. The molecule has 0 fully saturated rings. The summed E-state index contributed by atoms with van der Waals surface area (Å²) in [6.07, 6.45) is 3.44. The fourth-order valence-electron chi connectivity index (χ4n) is 1.70. The molecule has 0 saturated carbocycles. The van der Waals surface area contributed by atoms with Crippen molar-refractivity contribution in [1.82, 2.24) is 20.6 Å². The standard InChI is InChI=1S/C7H7Br.C7H12N4O.CH4O/c1-6-3-2-4-7(8)5-6;1-2-3-6(5-12)4-7-8-10-11-9-7;1-2/h2-5H,1H3;5-6H,2-4H2,1H3,(H,8,9,10,11);2H,1H3. The molecule has 0 spiro atoms. The summed E-state index contributed by atoms with van der Waals surface area (Å²) < 4.78 is 1.15. The zero-order valence-electron chi connectivity index (χ0n) is 13.2. The van der Waals surface area contributed by atoms with Crippen LogP contribution in [0.5, 0.6) is 0 Å². The number of aldehydes is 1. The normalized spacial score (nSPS) is 10.6. The number of H-pyrrole nitrogens is 1. The lowest BCUT2D eigenvalue weighted by atomic mass is 10.0. The maximum Gasteiger partial charge on any atom is 0.175 e. The van der Waals surface area contributed by atoms with Gasteiger partial charge in [-0.2, -0.15) is 5.21 Å². The van der Waals surface area contributed by atoms with Crippen molar-refractivity contribution in [2.45, 2.75) is 33.1 Å². The molecule has 0 amide bonds. The molecule has 0 aliphatic rings. The van der Waals surface area contributed by atoms with Crippen molar-refractivity contribution in [2.75, 3.05) is 7.11 Å². The molecule has 0 aliphatic heterocycles. The second-order valence-electron chi connectivity index (χ2n) is 4.52. The zero-order chi connectivity index (χ0) is 16.8. The van der Waals surface area contributed by atoms with Crippen LogP contribution in [0.2, 0.25) is 0 Å². The van der Waals surface area contributed by atoms with Crippen LogP contribution in [0.15, 0.2) is 28.7 Å². The third-order valence-corrected chi connectivity index (χ3v) is 3.16. The van der Waals surface area contributed by atoms with Crippen molar-refractivity contribution >= 4 is 22.2 Å². The van der Waals surface area contributed by atoms with E-state index in [-0.39, 0.29) is 5.92 Å². The maximum atomic E-state index is 10.5. The Bertz CT molecular complexity index is 489. The van der Waals surface area contributed by atoms with E-state index < -0.39 is 0 Å². The van der Waals surface area contributed by atoms with E-state index in [1.54, 1.807) is 0 Å². The Morgan fingerprint density at radius 1 is 1.41 bits per heavy atom. The average Bonchev–Trinajstić information content (AvgIpc) is 3.02. The van der Waals surface area contributed by atoms with Crippen LogP contribution in [0, 0.1) is 12.8 Å². The number of aliphatic hydroxyl groups is 1. The first-order valence-electron chi connectivity index (χ1n) is 7.00. The highest BCUT2D eigenvalue weighted by atomic mass is 79.9. The van der Waals surface area contributed by atoms with Gasteiger partial charge in [0.25, 0.3) is 0 Å². The predicted octanol–water partition coefficient (Wildman–Crippen LogP) is 2.72. The average molecular weight is 371 g/mol. The molecule has 2 N–H and O–H groups in total. The summed E-state index contributed by atoms with van der Waals surface area (Å²) in [6, 6.07) is 8.21. The van der Waals surface area contributed by atoms with Crippen LogP contribution in [-0.4, -0.2) is 39.1 Å². The Morgan fingerprint density at radius 3 is 2.55 bits per heavy atom. The quantitative estimate of drug-likeness (QED) is 0.789. The molecule has 1 unspecified atom stereocenters. The monoisotopic (exact) mass is 370 g/mol. The van der Waals surface area contributed by atoms with E-state index in [2.05, 4.69) is 55.6 Å². The minimum atomic E-state index is 0.0348. The highest BCUT2D eigenvalue weighted by molar-refractivity contribution is 9.10. The van der Waals surface area contributed by atoms with Crippen LogP contribution in [0.1, 0.15) is 31.2 Å². The number of benzene rings is 1. The number of carbonyl (C=O) groups excluding carboxylic acids is 1. The van der Waals surface area contributed by atoms with Gasteiger partial charge in [0.05, 0.1) is 0 Å². The summed E-state index contributed by atoms with van der Waals surface area (Å²) in [7, 11) is 1.00. The smallest absolute Gasteiger partial charge is 0.175 e. The summed E-state index contributed by atoms with van der Waals surface area (Å²) in [5, 5.41) is 20.3. The van der Waals surface area contributed by atoms with Gasteiger partial charge in [-0.15, -0.1) is 10.2 Å². The third kappa shape index (κ3) is 9.36. The summed E-state index contributed by atoms with van der Waals surface area (Å²) in [5.41, 5.74) is 1.29. The van der Waals surface area contributed by atoms with Gasteiger partial charge in [0.1, 0.15) is 6.29 Å². The number of aryl methyl sites for hydroxylation is 1. The first-order chi connectivity index (χ1) is 10.7. The van der Waals surface area contributed by atoms with Crippen LogP contribution >= 0.6 is 15.9 Å². The first kappa shape index (κ1) is 20.4. The number of halogens is 1. The highest BCUT2D eigenvalue weighted by Crippen LogP contribution is 2.09. The SMILES string of the molecule is CCCC(C=O)Cc1nn[nH]n1.CO.Cc1cccc(Br)c1. The lowest BCUT2D eigenvalue weighted by Gasteiger charge is -2.03. The van der Waals surface area contributed by atoms with Crippen molar-refractivity contribution in [3.05, 3.63) is 40.1 Å². The lowest BCUT2D eigenvalue weighted by Crippen LogP contribution is -2.07. The fraction of sp³-hybridized carbons (Fsp3) is 0.467. The Labute approximate surface area is 139 Å². The molecule has 0 bridgehead atoms. The van der Waals surface area contributed by atoms with E-state index in [9.17, 15) is 4.79 Å². The van der Waals surface area contributed by atoms with Crippen LogP contribution in [0.25, 0.3) is 0 Å². The molecule has 22 heavy (non-hydrogen) atoms. The number of hydrogen-bond donors (Lipinski definition) is 2. The molecule has 122 valence electrons. The second kappa shape index (κ2) is 13.1. The predicted molar refractivity (Wildman–Crippen MR) is 89.4 cm³/mol. The Kier molecular flexibility index (Phi) is 12.1. The number of aromatic amines is 1. The van der Waals surface area contributed by atoms with Crippen molar-refractivity contribution in [1.29, 1.82) is 0 Å².